The molecule has 2 rings (SSSR count). The first kappa shape index (κ1) is 12.4. The van der Waals surface area contributed by atoms with E-state index in [0.29, 0.717) is 23.5 Å². The van der Waals surface area contributed by atoms with Crippen LogP contribution in [0.5, 0.6) is 11.5 Å². The van der Waals surface area contributed by atoms with Crippen molar-refractivity contribution < 1.29 is 23.8 Å². The van der Waals surface area contributed by atoms with Gasteiger partial charge in [0.25, 0.3) is 0 Å². The Balaban J connectivity index is 2.44. The lowest BCUT2D eigenvalue weighted by molar-refractivity contribution is -0.143. The van der Waals surface area contributed by atoms with Crippen molar-refractivity contribution in [2.45, 2.75) is 6.42 Å². The second-order valence-electron chi connectivity index (χ2n) is 3.91. The summed E-state index contributed by atoms with van der Waals surface area (Å²) in [5, 5.41) is 0. The van der Waals surface area contributed by atoms with Crippen LogP contribution in [0.4, 0.5) is 0 Å². The smallest absolute Gasteiger partial charge is 0.316 e. The molecule has 0 amide bonds. The summed E-state index contributed by atoms with van der Waals surface area (Å²) in [4.78, 5) is 23.8. The molecule has 0 N–H and O–H groups in total. The van der Waals surface area contributed by atoms with E-state index in [2.05, 4.69) is 4.74 Å². The SMILES string of the molecule is COC(=O)C1CCOc2c(OC)cccc2C1=O. The molecule has 1 aromatic rings. The molecule has 1 unspecified atom stereocenters. The molecule has 96 valence electrons. The molecule has 0 spiro atoms. The molecule has 0 bridgehead atoms. The van der Waals surface area contributed by atoms with Gasteiger partial charge in [0.1, 0.15) is 5.92 Å². The number of ether oxygens (including phenoxy) is 3. The first-order valence-corrected chi connectivity index (χ1v) is 5.61. The third-order valence-electron chi connectivity index (χ3n) is 2.92. The number of methoxy groups -OCH3 is 2. The number of esters is 1. The fourth-order valence-electron chi connectivity index (χ4n) is 1.98. The lowest BCUT2D eigenvalue weighted by Crippen LogP contribution is -2.25. The van der Waals surface area contributed by atoms with Gasteiger partial charge in [-0.15, -0.1) is 0 Å². The van der Waals surface area contributed by atoms with Crippen molar-refractivity contribution in [2.75, 3.05) is 20.8 Å². The van der Waals surface area contributed by atoms with E-state index >= 15 is 0 Å². The molecule has 0 aliphatic carbocycles. The summed E-state index contributed by atoms with van der Waals surface area (Å²) in [5.74, 6) is -0.723. The third-order valence-corrected chi connectivity index (χ3v) is 2.92. The third kappa shape index (κ3) is 2.03. The van der Waals surface area contributed by atoms with Crippen LogP contribution in [0.1, 0.15) is 16.8 Å². The van der Waals surface area contributed by atoms with Crippen LogP contribution in [-0.4, -0.2) is 32.6 Å². The Morgan fingerprint density at radius 3 is 2.83 bits per heavy atom. The van der Waals surface area contributed by atoms with Gasteiger partial charge in [-0.25, -0.2) is 0 Å². The predicted octanol–water partition coefficient (Wildman–Crippen LogP) is 1.45. The molecule has 1 aliphatic rings. The molecule has 5 heteroatoms. The van der Waals surface area contributed by atoms with Gasteiger partial charge in [-0.3, -0.25) is 9.59 Å². The topological polar surface area (TPSA) is 61.8 Å². The van der Waals surface area contributed by atoms with Crippen molar-refractivity contribution in [1.82, 2.24) is 0 Å². The molecular weight excluding hydrogens is 236 g/mol. The molecular formula is C13H14O5. The highest BCUT2D eigenvalue weighted by Gasteiger charge is 2.33. The van der Waals surface area contributed by atoms with Crippen LogP contribution in [0.25, 0.3) is 0 Å². The molecule has 0 radical (unpaired) electrons. The fourth-order valence-corrected chi connectivity index (χ4v) is 1.98. The van der Waals surface area contributed by atoms with Crippen molar-refractivity contribution >= 4 is 11.8 Å². The Bertz CT molecular complexity index is 480. The number of Topliss-reactive ketones (excluding diaryl/α,β-unsaturated/α-hetero) is 1. The number of hydrogen-bond donors (Lipinski definition) is 0. The van der Waals surface area contributed by atoms with E-state index in [-0.39, 0.29) is 12.4 Å². The van der Waals surface area contributed by atoms with Crippen LogP contribution >= 0.6 is 0 Å². The van der Waals surface area contributed by atoms with E-state index in [9.17, 15) is 9.59 Å². The minimum atomic E-state index is -0.802. The molecule has 1 atom stereocenters. The van der Waals surface area contributed by atoms with Crippen LogP contribution in [-0.2, 0) is 9.53 Å². The van der Waals surface area contributed by atoms with E-state index in [1.807, 2.05) is 0 Å². The number of hydrogen-bond acceptors (Lipinski definition) is 5. The van der Waals surface area contributed by atoms with Crippen LogP contribution in [0.2, 0.25) is 0 Å². The van der Waals surface area contributed by atoms with Crippen LogP contribution in [0, 0.1) is 5.92 Å². The average molecular weight is 250 g/mol. The average Bonchev–Trinajstić information content (AvgIpc) is 2.57. The van der Waals surface area contributed by atoms with Crippen molar-refractivity contribution in [2.24, 2.45) is 5.92 Å². The van der Waals surface area contributed by atoms with E-state index in [1.165, 1.54) is 14.2 Å². The number of carbonyl (C=O) groups excluding carboxylic acids is 2. The van der Waals surface area contributed by atoms with Gasteiger partial charge in [-0.2, -0.15) is 0 Å². The Morgan fingerprint density at radius 2 is 2.17 bits per heavy atom. The summed E-state index contributed by atoms with van der Waals surface area (Å²) < 4.78 is 15.3. The number of ketones is 1. The maximum Gasteiger partial charge on any atom is 0.316 e. The second kappa shape index (κ2) is 5.08. The highest BCUT2D eigenvalue weighted by Crippen LogP contribution is 2.35. The minimum absolute atomic E-state index is 0.277. The summed E-state index contributed by atoms with van der Waals surface area (Å²) >= 11 is 0. The maximum absolute atomic E-state index is 12.3. The van der Waals surface area contributed by atoms with E-state index in [4.69, 9.17) is 9.47 Å². The second-order valence-corrected chi connectivity index (χ2v) is 3.91. The normalized spacial score (nSPS) is 18.3. The number of para-hydroxylation sites is 1. The number of benzene rings is 1. The van der Waals surface area contributed by atoms with Gasteiger partial charge in [-0.05, 0) is 12.1 Å². The molecule has 1 aromatic carbocycles. The van der Waals surface area contributed by atoms with Gasteiger partial charge in [-0.1, -0.05) is 6.07 Å². The van der Waals surface area contributed by atoms with E-state index in [1.54, 1.807) is 18.2 Å². The maximum atomic E-state index is 12.3. The highest BCUT2D eigenvalue weighted by molar-refractivity contribution is 6.10. The molecule has 0 aromatic heterocycles. The number of fused-ring (bicyclic) bond motifs is 1. The summed E-state index contributed by atoms with van der Waals surface area (Å²) in [7, 11) is 2.78. The molecule has 0 saturated carbocycles. The lowest BCUT2D eigenvalue weighted by atomic mass is 9.95. The number of carbonyl (C=O) groups is 2. The van der Waals surface area contributed by atoms with Crippen LogP contribution in [0.3, 0.4) is 0 Å². The van der Waals surface area contributed by atoms with Crippen molar-refractivity contribution in [1.29, 1.82) is 0 Å². The van der Waals surface area contributed by atoms with Crippen LogP contribution in [0.15, 0.2) is 18.2 Å². The number of rotatable bonds is 2. The van der Waals surface area contributed by atoms with Crippen molar-refractivity contribution in [3.05, 3.63) is 23.8 Å². The fraction of sp³-hybridized carbons (Fsp3) is 0.385. The van der Waals surface area contributed by atoms with Crippen molar-refractivity contribution in [3.63, 3.8) is 0 Å². The van der Waals surface area contributed by atoms with Gasteiger partial charge < -0.3 is 14.2 Å². The molecule has 1 heterocycles. The van der Waals surface area contributed by atoms with Crippen LogP contribution < -0.4 is 9.47 Å². The summed E-state index contributed by atoms with van der Waals surface area (Å²) in [6, 6.07) is 5.03. The Morgan fingerprint density at radius 1 is 1.39 bits per heavy atom. The minimum Gasteiger partial charge on any atom is -0.493 e. The first-order valence-electron chi connectivity index (χ1n) is 5.61. The monoisotopic (exact) mass is 250 g/mol. The molecule has 18 heavy (non-hydrogen) atoms. The van der Waals surface area contributed by atoms with Gasteiger partial charge in [0.15, 0.2) is 17.3 Å². The first-order chi connectivity index (χ1) is 8.69. The predicted molar refractivity (Wildman–Crippen MR) is 62.9 cm³/mol. The lowest BCUT2D eigenvalue weighted by Gasteiger charge is -2.11. The van der Waals surface area contributed by atoms with Gasteiger partial charge in [0, 0.05) is 6.42 Å². The summed E-state index contributed by atoms with van der Waals surface area (Å²) in [6.07, 6.45) is 0.309. The molecule has 5 nitrogen and oxygen atoms in total. The van der Waals surface area contributed by atoms with E-state index in [0.717, 1.165) is 0 Å². The molecule has 1 aliphatic heterocycles. The molecule has 0 saturated heterocycles. The quantitative estimate of drug-likeness (QED) is 0.587. The summed E-state index contributed by atoms with van der Waals surface area (Å²) in [6.45, 7) is 0.277. The van der Waals surface area contributed by atoms with E-state index < -0.39 is 11.9 Å². The zero-order chi connectivity index (χ0) is 13.1. The van der Waals surface area contributed by atoms with Gasteiger partial charge in [0.2, 0.25) is 0 Å². The zero-order valence-electron chi connectivity index (χ0n) is 10.3. The Hall–Kier alpha value is -2.04. The van der Waals surface area contributed by atoms with Gasteiger partial charge >= 0.3 is 5.97 Å². The van der Waals surface area contributed by atoms with Gasteiger partial charge in [0.05, 0.1) is 26.4 Å². The molecule has 0 fully saturated rings. The Labute approximate surface area is 105 Å². The zero-order valence-corrected chi connectivity index (χ0v) is 10.3. The Kier molecular flexibility index (Phi) is 3.50. The highest BCUT2D eigenvalue weighted by atomic mass is 16.5. The van der Waals surface area contributed by atoms with Crippen molar-refractivity contribution in [3.8, 4) is 11.5 Å². The standard InChI is InChI=1S/C13H14O5/c1-16-10-5-3-4-8-11(14)9(13(15)17-2)6-7-18-12(8)10/h3-5,9H,6-7H2,1-2H3. The summed E-state index contributed by atoms with van der Waals surface area (Å²) in [5.41, 5.74) is 0.363. The largest absolute Gasteiger partial charge is 0.493 e.